The topological polar surface area (TPSA) is 32.9 Å². The van der Waals surface area contributed by atoms with Gasteiger partial charge in [0.2, 0.25) is 5.43 Å². The molecule has 0 atom stereocenters. The van der Waals surface area contributed by atoms with Crippen LogP contribution in [0.5, 0.6) is 0 Å². The second kappa shape index (κ2) is 3.53. The number of aromatic nitrogens is 1. The fraction of sp³-hybridized carbons (Fsp3) is 0.167. The van der Waals surface area contributed by atoms with E-state index in [4.69, 9.17) is 11.6 Å². The van der Waals surface area contributed by atoms with Crippen LogP contribution >= 0.6 is 27.5 Å². The summed E-state index contributed by atoms with van der Waals surface area (Å²) in [5.74, 6) is 0. The summed E-state index contributed by atoms with van der Waals surface area (Å²) in [6.07, 6.45) is -1.63. The lowest BCUT2D eigenvalue weighted by Crippen LogP contribution is -2.07. The third-order valence-electron chi connectivity index (χ3n) is 1.23. The van der Waals surface area contributed by atoms with E-state index >= 15 is 0 Å². The molecule has 1 aromatic heterocycles. The van der Waals surface area contributed by atoms with Crippen molar-refractivity contribution < 1.29 is 8.78 Å². The molecule has 0 unspecified atom stereocenters. The zero-order valence-corrected chi connectivity index (χ0v) is 7.92. The molecular formula is C6H3BrClF2NO. The van der Waals surface area contributed by atoms with Gasteiger partial charge in [0.15, 0.2) is 0 Å². The van der Waals surface area contributed by atoms with E-state index in [0.717, 1.165) is 6.20 Å². The fourth-order valence-electron chi connectivity index (χ4n) is 0.656. The maximum Gasteiger partial charge on any atom is 0.279 e. The first-order chi connectivity index (χ1) is 5.54. The van der Waals surface area contributed by atoms with Crippen molar-refractivity contribution in [3.63, 3.8) is 0 Å². The van der Waals surface area contributed by atoms with Crippen LogP contribution in [0.3, 0.4) is 0 Å². The van der Waals surface area contributed by atoms with E-state index < -0.39 is 22.6 Å². The minimum Gasteiger partial charge on any atom is -0.358 e. The van der Waals surface area contributed by atoms with Gasteiger partial charge in [-0.2, -0.15) is 0 Å². The summed E-state index contributed by atoms with van der Waals surface area (Å²) in [5.41, 5.74) is -1.18. The molecule has 0 aliphatic heterocycles. The van der Waals surface area contributed by atoms with Crippen LogP contribution in [0.1, 0.15) is 12.1 Å². The number of alkyl halides is 2. The molecule has 0 fully saturated rings. The first-order valence-electron chi connectivity index (χ1n) is 2.88. The molecule has 0 saturated carbocycles. The second-order valence-corrected chi connectivity index (χ2v) is 3.23. The van der Waals surface area contributed by atoms with Crippen LogP contribution in [0.25, 0.3) is 0 Å². The van der Waals surface area contributed by atoms with Crippen molar-refractivity contribution in [2.45, 2.75) is 6.43 Å². The Balaban J connectivity index is 3.37. The average Bonchev–Trinajstić information content (AvgIpc) is 2.00. The molecule has 0 bridgehead atoms. The quantitative estimate of drug-likeness (QED) is 0.825. The van der Waals surface area contributed by atoms with Gasteiger partial charge in [0.05, 0.1) is 4.47 Å². The van der Waals surface area contributed by atoms with Crippen LogP contribution in [0, 0.1) is 0 Å². The van der Waals surface area contributed by atoms with E-state index in [9.17, 15) is 13.6 Å². The highest BCUT2D eigenvalue weighted by Crippen LogP contribution is 2.22. The third-order valence-corrected chi connectivity index (χ3v) is 2.19. The van der Waals surface area contributed by atoms with Gasteiger partial charge in [0.1, 0.15) is 10.7 Å². The Morgan fingerprint density at radius 2 is 2.17 bits per heavy atom. The molecule has 1 aromatic rings. The van der Waals surface area contributed by atoms with Crippen molar-refractivity contribution in [3.8, 4) is 0 Å². The molecule has 1 N–H and O–H groups in total. The van der Waals surface area contributed by atoms with Gasteiger partial charge in [0, 0.05) is 6.20 Å². The van der Waals surface area contributed by atoms with Crippen LogP contribution < -0.4 is 5.43 Å². The van der Waals surface area contributed by atoms with Crippen LogP contribution in [-0.2, 0) is 0 Å². The van der Waals surface area contributed by atoms with Crippen molar-refractivity contribution in [3.05, 3.63) is 31.6 Å². The van der Waals surface area contributed by atoms with Crippen molar-refractivity contribution in [2.75, 3.05) is 0 Å². The number of pyridine rings is 1. The molecule has 0 radical (unpaired) electrons. The molecule has 6 heteroatoms. The highest BCUT2D eigenvalue weighted by Gasteiger charge is 2.15. The maximum atomic E-state index is 12.1. The van der Waals surface area contributed by atoms with Crippen LogP contribution in [0.15, 0.2) is 15.5 Å². The molecular weight excluding hydrogens is 255 g/mol. The summed E-state index contributed by atoms with van der Waals surface area (Å²) in [4.78, 5) is 13.2. The normalized spacial score (nSPS) is 10.8. The van der Waals surface area contributed by atoms with Crippen molar-refractivity contribution in [2.24, 2.45) is 0 Å². The van der Waals surface area contributed by atoms with Crippen molar-refractivity contribution in [1.82, 2.24) is 4.98 Å². The Morgan fingerprint density at radius 1 is 1.58 bits per heavy atom. The number of H-pyrrole nitrogens is 1. The van der Waals surface area contributed by atoms with E-state index in [1.807, 2.05) is 0 Å². The first kappa shape index (κ1) is 9.67. The number of halogens is 4. The van der Waals surface area contributed by atoms with Gasteiger partial charge < -0.3 is 4.98 Å². The Kier molecular flexibility index (Phi) is 2.85. The molecule has 0 aliphatic carbocycles. The summed E-state index contributed by atoms with van der Waals surface area (Å²) in [5, 5.41) is -0.473. The lowest BCUT2D eigenvalue weighted by atomic mass is 10.3. The molecule has 2 nitrogen and oxygen atoms in total. The molecule has 1 rings (SSSR count). The molecule has 0 aromatic carbocycles. The molecule has 12 heavy (non-hydrogen) atoms. The van der Waals surface area contributed by atoms with Gasteiger partial charge >= 0.3 is 0 Å². The van der Waals surface area contributed by atoms with E-state index in [1.54, 1.807) is 0 Å². The summed E-state index contributed by atoms with van der Waals surface area (Å²) >= 11 is 8.20. The Labute approximate surface area is 79.7 Å². The summed E-state index contributed by atoms with van der Waals surface area (Å²) in [6.45, 7) is 0. The van der Waals surface area contributed by atoms with Crippen molar-refractivity contribution in [1.29, 1.82) is 0 Å². The number of hydrogen-bond donors (Lipinski definition) is 1. The monoisotopic (exact) mass is 257 g/mol. The largest absolute Gasteiger partial charge is 0.358 e. The van der Waals surface area contributed by atoms with Gasteiger partial charge in [-0.1, -0.05) is 11.6 Å². The Bertz CT molecular complexity index is 352. The van der Waals surface area contributed by atoms with Crippen LogP contribution in [0.4, 0.5) is 8.78 Å². The number of aromatic amines is 1. The Hall–Kier alpha value is -0.420. The SMILES string of the molecule is O=c1c(Br)c[nH]c(C(F)F)c1Cl. The maximum absolute atomic E-state index is 12.1. The molecule has 66 valence electrons. The highest BCUT2D eigenvalue weighted by molar-refractivity contribution is 9.10. The van der Waals surface area contributed by atoms with Gasteiger partial charge in [-0.3, -0.25) is 4.79 Å². The van der Waals surface area contributed by atoms with Crippen LogP contribution in [0.2, 0.25) is 5.02 Å². The van der Waals surface area contributed by atoms with E-state index in [2.05, 4.69) is 20.9 Å². The smallest absolute Gasteiger partial charge is 0.279 e. The second-order valence-electron chi connectivity index (χ2n) is 1.99. The fourth-order valence-corrected chi connectivity index (χ4v) is 1.32. The van der Waals surface area contributed by atoms with E-state index in [1.165, 1.54) is 0 Å². The number of rotatable bonds is 1. The van der Waals surface area contributed by atoms with Crippen molar-refractivity contribution >= 4 is 27.5 Å². The highest BCUT2D eigenvalue weighted by atomic mass is 79.9. The zero-order valence-electron chi connectivity index (χ0n) is 5.57. The molecule has 0 spiro atoms. The minimum atomic E-state index is -2.77. The minimum absolute atomic E-state index is 0.136. The summed E-state index contributed by atoms with van der Waals surface area (Å²) < 4.78 is 24.3. The van der Waals surface area contributed by atoms with Gasteiger partial charge in [-0.25, -0.2) is 8.78 Å². The van der Waals surface area contributed by atoms with Crippen LogP contribution in [-0.4, -0.2) is 4.98 Å². The molecule has 1 heterocycles. The lowest BCUT2D eigenvalue weighted by Gasteiger charge is -2.01. The predicted octanol–water partition coefficient (Wildman–Crippen LogP) is 2.73. The number of nitrogens with one attached hydrogen (secondary N) is 1. The summed E-state index contributed by atoms with van der Waals surface area (Å²) in [7, 11) is 0. The molecule has 0 amide bonds. The molecule has 0 aliphatic rings. The molecule has 0 saturated heterocycles. The average molecular weight is 258 g/mol. The van der Waals surface area contributed by atoms with Gasteiger partial charge in [-0.05, 0) is 15.9 Å². The Morgan fingerprint density at radius 3 is 2.67 bits per heavy atom. The number of hydrogen-bond acceptors (Lipinski definition) is 1. The lowest BCUT2D eigenvalue weighted by molar-refractivity contribution is 0.146. The predicted molar refractivity (Wildman–Crippen MR) is 44.7 cm³/mol. The van der Waals surface area contributed by atoms with Gasteiger partial charge in [0.25, 0.3) is 6.43 Å². The van der Waals surface area contributed by atoms with E-state index in [-0.39, 0.29) is 4.47 Å². The first-order valence-corrected chi connectivity index (χ1v) is 4.06. The standard InChI is InChI=1S/C6H3BrClF2NO/c7-2-1-11-4(6(9)10)3(8)5(2)12/h1,6H,(H,11,12). The third kappa shape index (κ3) is 1.67. The zero-order chi connectivity index (χ0) is 9.30. The summed E-state index contributed by atoms with van der Waals surface area (Å²) in [6, 6.07) is 0. The van der Waals surface area contributed by atoms with Gasteiger partial charge in [-0.15, -0.1) is 0 Å². The van der Waals surface area contributed by atoms with E-state index in [0.29, 0.717) is 0 Å².